The van der Waals surface area contributed by atoms with E-state index in [2.05, 4.69) is 0 Å². The Bertz CT molecular complexity index is 540. The van der Waals surface area contributed by atoms with Crippen LogP contribution in [-0.4, -0.2) is 28.3 Å². The van der Waals surface area contributed by atoms with Gasteiger partial charge in [0.25, 0.3) is 5.69 Å². The lowest BCUT2D eigenvalue weighted by Gasteiger charge is -2.32. The second-order valence-electron chi connectivity index (χ2n) is 5.03. The molecule has 0 aliphatic carbocycles. The number of para-hydroxylation sites is 1. The molecule has 1 aromatic carbocycles. The molecule has 0 saturated carbocycles. The lowest BCUT2D eigenvalue weighted by Crippen LogP contribution is -2.41. The normalized spacial score (nSPS) is 19.2. The molecule has 0 bridgehead atoms. The first-order chi connectivity index (χ1) is 9.59. The molecule has 1 aliphatic rings. The number of rotatable bonds is 3. The van der Waals surface area contributed by atoms with Gasteiger partial charge >= 0.3 is 0 Å². The van der Waals surface area contributed by atoms with Gasteiger partial charge in [-0.1, -0.05) is 12.1 Å². The van der Waals surface area contributed by atoms with Gasteiger partial charge in [-0.15, -0.1) is 0 Å². The second-order valence-corrected chi connectivity index (χ2v) is 5.03. The Hall–Kier alpha value is -2.17. The first-order valence-electron chi connectivity index (χ1n) is 6.81. The van der Waals surface area contributed by atoms with Crippen LogP contribution >= 0.6 is 0 Å². The van der Waals surface area contributed by atoms with Gasteiger partial charge in [0.05, 0.1) is 10.5 Å². The Kier molecular flexibility index (Phi) is 4.50. The Morgan fingerprint density at radius 3 is 2.85 bits per heavy atom. The highest BCUT2D eigenvalue weighted by atomic mass is 16.6. The summed E-state index contributed by atoms with van der Waals surface area (Å²) in [6.07, 6.45) is 6.16. The predicted molar refractivity (Wildman–Crippen MR) is 77.2 cm³/mol. The summed E-state index contributed by atoms with van der Waals surface area (Å²) in [5.74, 6) is -0.0737. The molecule has 0 radical (unpaired) electrons. The Labute approximate surface area is 118 Å². The van der Waals surface area contributed by atoms with Gasteiger partial charge in [0.15, 0.2) is 0 Å². The molecule has 1 aliphatic heterocycles. The molecule has 1 atom stereocenters. The second kappa shape index (κ2) is 6.32. The van der Waals surface area contributed by atoms with E-state index in [-0.39, 0.29) is 17.6 Å². The maximum absolute atomic E-state index is 12.1. The van der Waals surface area contributed by atoms with E-state index in [1.807, 2.05) is 11.8 Å². The van der Waals surface area contributed by atoms with Crippen LogP contribution in [0.5, 0.6) is 0 Å². The molecule has 20 heavy (non-hydrogen) atoms. The van der Waals surface area contributed by atoms with Crippen LogP contribution in [-0.2, 0) is 4.79 Å². The first kappa shape index (κ1) is 14.2. The van der Waals surface area contributed by atoms with E-state index < -0.39 is 4.92 Å². The van der Waals surface area contributed by atoms with Crippen LogP contribution in [0.2, 0.25) is 0 Å². The van der Waals surface area contributed by atoms with Crippen LogP contribution in [0, 0.1) is 10.1 Å². The molecule has 1 saturated heterocycles. The van der Waals surface area contributed by atoms with E-state index in [1.165, 1.54) is 18.2 Å². The van der Waals surface area contributed by atoms with Crippen LogP contribution in [0.3, 0.4) is 0 Å². The first-order valence-corrected chi connectivity index (χ1v) is 6.81. The fourth-order valence-corrected chi connectivity index (χ4v) is 2.48. The highest BCUT2D eigenvalue weighted by molar-refractivity contribution is 5.92. The number of likely N-dealkylation sites (tertiary alicyclic amines) is 1. The van der Waals surface area contributed by atoms with E-state index in [9.17, 15) is 14.9 Å². The van der Waals surface area contributed by atoms with Crippen molar-refractivity contribution in [3.63, 3.8) is 0 Å². The molecule has 1 unspecified atom stereocenters. The molecule has 1 fully saturated rings. The van der Waals surface area contributed by atoms with E-state index in [0.29, 0.717) is 5.56 Å². The average molecular weight is 274 g/mol. The topological polar surface area (TPSA) is 63.5 Å². The largest absolute Gasteiger partial charge is 0.336 e. The average Bonchev–Trinajstić information content (AvgIpc) is 2.45. The summed E-state index contributed by atoms with van der Waals surface area (Å²) in [7, 11) is 0. The number of nitrogens with zero attached hydrogens (tertiary/aromatic N) is 2. The number of nitro groups is 1. The van der Waals surface area contributed by atoms with Crippen LogP contribution in [0.1, 0.15) is 31.7 Å². The van der Waals surface area contributed by atoms with Crippen molar-refractivity contribution in [3.05, 3.63) is 46.0 Å². The summed E-state index contributed by atoms with van der Waals surface area (Å²) in [4.78, 5) is 24.4. The highest BCUT2D eigenvalue weighted by Gasteiger charge is 2.21. The van der Waals surface area contributed by atoms with Crippen molar-refractivity contribution in [1.29, 1.82) is 0 Å². The van der Waals surface area contributed by atoms with Crippen molar-refractivity contribution >= 4 is 17.7 Å². The molecule has 2 rings (SSSR count). The number of carbonyl (C=O) groups is 1. The van der Waals surface area contributed by atoms with E-state index in [1.54, 1.807) is 18.2 Å². The third kappa shape index (κ3) is 3.23. The van der Waals surface area contributed by atoms with Gasteiger partial charge in [-0.3, -0.25) is 14.9 Å². The van der Waals surface area contributed by atoms with Gasteiger partial charge in [-0.05, 0) is 38.3 Å². The minimum Gasteiger partial charge on any atom is -0.336 e. The smallest absolute Gasteiger partial charge is 0.276 e. The molecule has 0 N–H and O–H groups in total. The van der Waals surface area contributed by atoms with Crippen molar-refractivity contribution in [2.75, 3.05) is 6.54 Å². The van der Waals surface area contributed by atoms with Crippen molar-refractivity contribution in [2.24, 2.45) is 0 Å². The molecule has 5 heteroatoms. The van der Waals surface area contributed by atoms with Crippen molar-refractivity contribution < 1.29 is 9.72 Å². The Balaban J connectivity index is 2.13. The van der Waals surface area contributed by atoms with Gasteiger partial charge in [-0.25, -0.2) is 0 Å². The quantitative estimate of drug-likeness (QED) is 0.483. The summed E-state index contributed by atoms with van der Waals surface area (Å²) < 4.78 is 0. The third-order valence-corrected chi connectivity index (χ3v) is 3.62. The van der Waals surface area contributed by atoms with Gasteiger partial charge in [0.2, 0.25) is 5.91 Å². The minimum absolute atomic E-state index is 0.0169. The van der Waals surface area contributed by atoms with Crippen molar-refractivity contribution in [1.82, 2.24) is 4.90 Å². The summed E-state index contributed by atoms with van der Waals surface area (Å²) in [6.45, 7) is 2.80. The molecular formula is C15H18N2O3. The monoisotopic (exact) mass is 274 g/mol. The number of hydrogen-bond acceptors (Lipinski definition) is 3. The molecule has 0 aromatic heterocycles. The molecule has 5 nitrogen and oxygen atoms in total. The van der Waals surface area contributed by atoms with Gasteiger partial charge < -0.3 is 4.90 Å². The zero-order chi connectivity index (χ0) is 14.5. The maximum Gasteiger partial charge on any atom is 0.276 e. The van der Waals surface area contributed by atoms with E-state index >= 15 is 0 Å². The molecule has 1 aromatic rings. The summed E-state index contributed by atoms with van der Waals surface area (Å²) >= 11 is 0. The van der Waals surface area contributed by atoms with Crippen molar-refractivity contribution in [3.8, 4) is 0 Å². The zero-order valence-electron chi connectivity index (χ0n) is 11.5. The standard InChI is InChI=1S/C15H18N2O3/c1-12-6-4-5-11-16(12)15(18)10-9-13-7-2-3-8-14(13)17(19)20/h2-3,7-10,12H,4-6,11H2,1H3/b10-9+. The molecule has 106 valence electrons. The summed E-state index contributed by atoms with van der Waals surface area (Å²) in [5, 5.41) is 10.9. The fraction of sp³-hybridized carbons (Fsp3) is 0.400. The van der Waals surface area contributed by atoms with Crippen molar-refractivity contribution in [2.45, 2.75) is 32.2 Å². The molecule has 1 amide bonds. The number of amides is 1. The number of hydrogen-bond donors (Lipinski definition) is 0. The molecular weight excluding hydrogens is 256 g/mol. The highest BCUT2D eigenvalue weighted by Crippen LogP contribution is 2.20. The zero-order valence-corrected chi connectivity index (χ0v) is 11.5. The lowest BCUT2D eigenvalue weighted by molar-refractivity contribution is -0.385. The number of piperidine rings is 1. The third-order valence-electron chi connectivity index (χ3n) is 3.62. The van der Waals surface area contributed by atoms with E-state index in [4.69, 9.17) is 0 Å². The SMILES string of the molecule is CC1CCCCN1C(=O)/C=C/c1ccccc1[N+](=O)[O-]. The van der Waals surface area contributed by atoms with Crippen LogP contribution < -0.4 is 0 Å². The van der Waals surface area contributed by atoms with Gasteiger partial charge in [0.1, 0.15) is 0 Å². The van der Waals surface area contributed by atoms with Crippen LogP contribution in [0.25, 0.3) is 6.08 Å². The molecule has 1 heterocycles. The fourth-order valence-electron chi connectivity index (χ4n) is 2.48. The minimum atomic E-state index is -0.437. The Morgan fingerprint density at radius 2 is 2.15 bits per heavy atom. The maximum atomic E-state index is 12.1. The van der Waals surface area contributed by atoms with Crippen LogP contribution in [0.15, 0.2) is 30.3 Å². The lowest BCUT2D eigenvalue weighted by atomic mass is 10.0. The predicted octanol–water partition coefficient (Wildman–Crippen LogP) is 3.01. The Morgan fingerprint density at radius 1 is 1.40 bits per heavy atom. The molecule has 0 spiro atoms. The number of nitro benzene ring substituents is 1. The summed E-state index contributed by atoms with van der Waals surface area (Å²) in [6, 6.07) is 6.66. The summed E-state index contributed by atoms with van der Waals surface area (Å²) in [5.41, 5.74) is 0.471. The van der Waals surface area contributed by atoms with Crippen LogP contribution in [0.4, 0.5) is 5.69 Å². The van der Waals surface area contributed by atoms with Gasteiger partial charge in [0, 0.05) is 24.7 Å². The number of carbonyl (C=O) groups excluding carboxylic acids is 1. The van der Waals surface area contributed by atoms with E-state index in [0.717, 1.165) is 25.8 Å². The number of benzene rings is 1. The van der Waals surface area contributed by atoms with Gasteiger partial charge in [-0.2, -0.15) is 0 Å².